The Morgan fingerprint density at radius 2 is 2.08 bits per heavy atom. The van der Waals surface area contributed by atoms with E-state index >= 15 is 0 Å². The molecule has 8 heteroatoms. The number of rotatable bonds is 8. The Morgan fingerprint density at radius 1 is 1.35 bits per heavy atom. The molecule has 1 fully saturated rings. The van der Waals surface area contributed by atoms with E-state index in [2.05, 4.69) is 16.7 Å². The van der Waals surface area contributed by atoms with Gasteiger partial charge in [0.15, 0.2) is 0 Å². The molecule has 1 aliphatic rings. The molecule has 138 valence electrons. The predicted octanol–water partition coefficient (Wildman–Crippen LogP) is 1.63. The highest BCUT2D eigenvalue weighted by Gasteiger charge is 2.43. The SMILES string of the molecule is CC1(C)NC(=O)N(CCC(=O)NCCSCc2ccccc2C#N)C1=O. The van der Waals surface area contributed by atoms with E-state index < -0.39 is 11.6 Å². The molecule has 26 heavy (non-hydrogen) atoms. The van der Waals surface area contributed by atoms with Crippen LogP contribution >= 0.6 is 11.8 Å². The molecule has 0 saturated carbocycles. The van der Waals surface area contributed by atoms with Crippen molar-refractivity contribution in [1.82, 2.24) is 15.5 Å². The Kier molecular flexibility index (Phi) is 6.64. The molecule has 2 N–H and O–H groups in total. The summed E-state index contributed by atoms with van der Waals surface area (Å²) in [6.45, 7) is 3.83. The maximum absolute atomic E-state index is 12.0. The first-order valence-corrected chi connectivity index (χ1v) is 9.47. The van der Waals surface area contributed by atoms with Crippen molar-refractivity contribution in [2.45, 2.75) is 31.6 Å². The molecular formula is C18H22N4O3S. The smallest absolute Gasteiger partial charge is 0.325 e. The average Bonchev–Trinajstić information content (AvgIpc) is 2.80. The Hall–Kier alpha value is -2.53. The van der Waals surface area contributed by atoms with Crippen LogP contribution in [0.2, 0.25) is 0 Å². The third-order valence-corrected chi connectivity index (χ3v) is 4.98. The van der Waals surface area contributed by atoms with E-state index in [0.29, 0.717) is 23.6 Å². The number of hydrogen-bond donors (Lipinski definition) is 2. The number of nitriles is 1. The summed E-state index contributed by atoms with van der Waals surface area (Å²) in [5, 5.41) is 14.4. The van der Waals surface area contributed by atoms with Crippen LogP contribution in [0.3, 0.4) is 0 Å². The molecule has 0 spiro atoms. The number of imide groups is 1. The molecule has 0 atom stereocenters. The maximum Gasteiger partial charge on any atom is 0.325 e. The highest BCUT2D eigenvalue weighted by Crippen LogP contribution is 2.17. The largest absolute Gasteiger partial charge is 0.355 e. The summed E-state index contributed by atoms with van der Waals surface area (Å²) in [6.07, 6.45) is 0.0805. The van der Waals surface area contributed by atoms with Crippen molar-refractivity contribution >= 4 is 29.6 Å². The van der Waals surface area contributed by atoms with E-state index in [1.54, 1.807) is 31.7 Å². The molecular weight excluding hydrogens is 352 g/mol. The maximum atomic E-state index is 12.0. The number of carbonyl (C=O) groups excluding carboxylic acids is 3. The summed E-state index contributed by atoms with van der Waals surface area (Å²) in [5.74, 6) is 0.897. The summed E-state index contributed by atoms with van der Waals surface area (Å²) in [7, 11) is 0. The van der Waals surface area contributed by atoms with Gasteiger partial charge in [0.25, 0.3) is 5.91 Å². The number of hydrogen-bond acceptors (Lipinski definition) is 5. The third kappa shape index (κ3) is 4.99. The van der Waals surface area contributed by atoms with Gasteiger partial charge in [-0.2, -0.15) is 17.0 Å². The molecule has 0 unspecified atom stereocenters. The van der Waals surface area contributed by atoms with Gasteiger partial charge >= 0.3 is 6.03 Å². The number of carbonyl (C=O) groups is 3. The fourth-order valence-corrected chi connectivity index (χ4v) is 3.39. The third-order valence-electron chi connectivity index (χ3n) is 3.97. The fraction of sp³-hybridized carbons (Fsp3) is 0.444. The summed E-state index contributed by atoms with van der Waals surface area (Å²) < 4.78 is 0. The lowest BCUT2D eigenvalue weighted by molar-refractivity contribution is -0.130. The van der Waals surface area contributed by atoms with Gasteiger partial charge in [0.1, 0.15) is 5.54 Å². The zero-order valence-electron chi connectivity index (χ0n) is 14.9. The van der Waals surface area contributed by atoms with Gasteiger partial charge in [0.2, 0.25) is 5.91 Å². The van der Waals surface area contributed by atoms with Crippen LogP contribution in [-0.2, 0) is 15.3 Å². The van der Waals surface area contributed by atoms with Crippen LogP contribution in [-0.4, -0.2) is 47.1 Å². The van der Waals surface area contributed by atoms with Crippen molar-refractivity contribution in [3.63, 3.8) is 0 Å². The summed E-state index contributed by atoms with van der Waals surface area (Å²) in [4.78, 5) is 36.7. The lowest BCUT2D eigenvalue weighted by Gasteiger charge is -2.15. The number of urea groups is 1. The summed E-state index contributed by atoms with van der Waals surface area (Å²) in [5.41, 5.74) is 0.734. The van der Waals surface area contributed by atoms with Gasteiger partial charge in [-0.15, -0.1) is 0 Å². The lowest BCUT2D eigenvalue weighted by Crippen LogP contribution is -2.40. The first kappa shape index (κ1) is 19.8. The van der Waals surface area contributed by atoms with E-state index in [1.165, 1.54) is 0 Å². The molecule has 2 rings (SSSR count). The minimum atomic E-state index is -0.913. The van der Waals surface area contributed by atoms with Crippen LogP contribution in [0.15, 0.2) is 24.3 Å². The number of thioether (sulfide) groups is 1. The van der Waals surface area contributed by atoms with Gasteiger partial charge < -0.3 is 10.6 Å². The van der Waals surface area contributed by atoms with Crippen molar-refractivity contribution in [3.8, 4) is 6.07 Å². The predicted molar refractivity (Wildman–Crippen MR) is 99.3 cm³/mol. The summed E-state index contributed by atoms with van der Waals surface area (Å²) >= 11 is 1.63. The number of benzene rings is 1. The van der Waals surface area contributed by atoms with E-state index in [0.717, 1.165) is 10.5 Å². The Balaban J connectivity index is 1.65. The van der Waals surface area contributed by atoms with Crippen molar-refractivity contribution in [1.29, 1.82) is 5.26 Å². The molecule has 0 aromatic heterocycles. The molecule has 4 amide bonds. The second-order valence-electron chi connectivity index (χ2n) is 6.43. The minimum Gasteiger partial charge on any atom is -0.355 e. The monoisotopic (exact) mass is 374 g/mol. The van der Waals surface area contributed by atoms with E-state index in [9.17, 15) is 14.4 Å². The van der Waals surface area contributed by atoms with Crippen LogP contribution in [0.1, 0.15) is 31.4 Å². The van der Waals surface area contributed by atoms with Gasteiger partial charge in [-0.05, 0) is 25.5 Å². The lowest BCUT2D eigenvalue weighted by atomic mass is 10.1. The molecule has 1 saturated heterocycles. The number of amides is 4. The van der Waals surface area contributed by atoms with E-state index in [4.69, 9.17) is 5.26 Å². The average molecular weight is 374 g/mol. The van der Waals surface area contributed by atoms with E-state index in [1.807, 2.05) is 18.2 Å². The van der Waals surface area contributed by atoms with Crippen LogP contribution in [0.5, 0.6) is 0 Å². The number of nitrogens with one attached hydrogen (secondary N) is 2. The van der Waals surface area contributed by atoms with Crippen LogP contribution in [0.25, 0.3) is 0 Å². The Labute approximate surface area is 157 Å². The quantitative estimate of drug-likeness (QED) is 0.532. The normalized spacial score (nSPS) is 15.5. The van der Waals surface area contributed by atoms with Crippen LogP contribution < -0.4 is 10.6 Å². The first-order chi connectivity index (χ1) is 12.3. The van der Waals surface area contributed by atoms with Crippen LogP contribution in [0, 0.1) is 11.3 Å². The topological polar surface area (TPSA) is 102 Å². The molecule has 1 aromatic rings. The first-order valence-electron chi connectivity index (χ1n) is 8.31. The second-order valence-corrected chi connectivity index (χ2v) is 7.54. The van der Waals surface area contributed by atoms with Gasteiger partial charge in [0, 0.05) is 31.0 Å². The molecule has 0 bridgehead atoms. The minimum absolute atomic E-state index is 0.0720. The standard InChI is InChI=1S/C18H22N4O3S/c1-18(2)16(24)22(17(25)21-18)9-7-15(23)20-8-10-26-12-14-6-4-3-5-13(14)11-19/h3-6H,7-10,12H2,1-2H3,(H,20,23)(H,21,25). The highest BCUT2D eigenvalue weighted by molar-refractivity contribution is 7.98. The van der Waals surface area contributed by atoms with E-state index in [-0.39, 0.29) is 24.8 Å². The molecule has 1 aromatic carbocycles. The van der Waals surface area contributed by atoms with Crippen molar-refractivity contribution in [2.75, 3.05) is 18.8 Å². The molecule has 7 nitrogen and oxygen atoms in total. The molecule has 1 aliphatic heterocycles. The van der Waals surface area contributed by atoms with Gasteiger partial charge in [0.05, 0.1) is 11.6 Å². The summed E-state index contributed by atoms with van der Waals surface area (Å²) in [6, 6.07) is 9.14. The highest BCUT2D eigenvalue weighted by atomic mass is 32.2. The molecule has 1 heterocycles. The van der Waals surface area contributed by atoms with Crippen molar-refractivity contribution in [2.24, 2.45) is 0 Å². The van der Waals surface area contributed by atoms with Crippen LogP contribution in [0.4, 0.5) is 4.79 Å². The Bertz CT molecular complexity index is 742. The zero-order valence-corrected chi connectivity index (χ0v) is 15.7. The fourth-order valence-electron chi connectivity index (χ4n) is 2.52. The number of nitrogens with zero attached hydrogens (tertiary/aromatic N) is 2. The van der Waals surface area contributed by atoms with Crippen molar-refractivity contribution in [3.05, 3.63) is 35.4 Å². The molecule has 0 aliphatic carbocycles. The van der Waals surface area contributed by atoms with Crippen molar-refractivity contribution < 1.29 is 14.4 Å². The van der Waals surface area contributed by atoms with Gasteiger partial charge in [-0.25, -0.2) is 4.79 Å². The Morgan fingerprint density at radius 3 is 2.73 bits per heavy atom. The second kappa shape index (κ2) is 8.72. The van der Waals surface area contributed by atoms with Gasteiger partial charge in [-0.3, -0.25) is 14.5 Å². The zero-order chi connectivity index (χ0) is 19.2. The van der Waals surface area contributed by atoms with Gasteiger partial charge in [-0.1, -0.05) is 18.2 Å². The molecule has 0 radical (unpaired) electrons.